The Morgan fingerprint density at radius 2 is 1.88 bits per heavy atom. The Morgan fingerprint density at radius 1 is 1.08 bits per heavy atom. The molecule has 0 amide bonds. The van der Waals surface area contributed by atoms with Crippen molar-refractivity contribution < 1.29 is 4.74 Å². The van der Waals surface area contributed by atoms with Gasteiger partial charge in [0.2, 0.25) is 0 Å². The molecule has 1 aromatic carbocycles. The molecule has 128 valence electrons. The highest BCUT2D eigenvalue weighted by atomic mass is 16.5. The predicted octanol–water partition coefficient (Wildman–Crippen LogP) is 3.49. The second-order valence-electron chi connectivity index (χ2n) is 7.23. The number of H-pyrrole nitrogens is 1. The lowest BCUT2D eigenvalue weighted by atomic mass is 9.81. The van der Waals surface area contributed by atoms with Crippen LogP contribution in [0.3, 0.4) is 0 Å². The number of fused-ring (bicyclic) bond motifs is 4. The number of rotatable bonds is 3. The largest absolute Gasteiger partial charge is 0.458 e. The van der Waals surface area contributed by atoms with E-state index in [1.165, 1.54) is 31.3 Å². The number of aromatic nitrogens is 3. The Kier molecular flexibility index (Phi) is 3.48. The average molecular weight is 334 g/mol. The third-order valence-corrected chi connectivity index (χ3v) is 5.85. The Labute approximate surface area is 147 Å². The molecule has 0 radical (unpaired) electrons. The number of nitrogens with zero attached hydrogens (tertiary/aromatic N) is 3. The summed E-state index contributed by atoms with van der Waals surface area (Å²) in [5.74, 6) is 0.638. The van der Waals surface area contributed by atoms with E-state index in [2.05, 4.69) is 51.0 Å². The van der Waals surface area contributed by atoms with Crippen molar-refractivity contribution in [2.75, 3.05) is 13.1 Å². The summed E-state index contributed by atoms with van der Waals surface area (Å²) >= 11 is 0. The maximum Gasteiger partial charge on any atom is 0.316 e. The molecule has 25 heavy (non-hydrogen) atoms. The highest BCUT2D eigenvalue weighted by molar-refractivity contribution is 5.84. The van der Waals surface area contributed by atoms with Crippen LogP contribution in [-0.4, -0.2) is 45.1 Å². The quantitative estimate of drug-likeness (QED) is 0.797. The SMILES string of the molecule is C[C@@H]1[C@H](Oc2ncc(-c3ccc4[nH]ccc4c3)cn2)C2CCN1CC2. The van der Waals surface area contributed by atoms with Gasteiger partial charge in [-0.15, -0.1) is 0 Å². The number of benzene rings is 1. The maximum absolute atomic E-state index is 6.18. The van der Waals surface area contributed by atoms with Crippen LogP contribution < -0.4 is 4.74 Å². The van der Waals surface area contributed by atoms with Crippen LogP contribution in [0.25, 0.3) is 22.0 Å². The fraction of sp³-hybridized carbons (Fsp3) is 0.400. The second-order valence-corrected chi connectivity index (χ2v) is 7.23. The highest BCUT2D eigenvalue weighted by Gasteiger charge is 2.41. The maximum atomic E-state index is 6.18. The second kappa shape index (κ2) is 5.85. The van der Waals surface area contributed by atoms with E-state index in [0.29, 0.717) is 18.0 Å². The van der Waals surface area contributed by atoms with Crippen molar-refractivity contribution in [1.29, 1.82) is 0 Å². The fourth-order valence-corrected chi connectivity index (χ4v) is 4.33. The van der Waals surface area contributed by atoms with Crippen LogP contribution in [0.2, 0.25) is 0 Å². The van der Waals surface area contributed by atoms with Gasteiger partial charge in [-0.2, -0.15) is 0 Å². The minimum Gasteiger partial charge on any atom is -0.458 e. The first-order valence-electron chi connectivity index (χ1n) is 9.08. The summed E-state index contributed by atoms with van der Waals surface area (Å²) in [6, 6.07) is 9.35. The highest BCUT2D eigenvalue weighted by Crippen LogP contribution is 2.34. The van der Waals surface area contributed by atoms with Crippen LogP contribution in [0.15, 0.2) is 42.9 Å². The zero-order valence-electron chi connectivity index (χ0n) is 14.4. The normalized spacial score (nSPS) is 28.4. The molecule has 1 N–H and O–H groups in total. The molecule has 3 fully saturated rings. The van der Waals surface area contributed by atoms with Crippen LogP contribution in [-0.2, 0) is 0 Å². The number of nitrogens with one attached hydrogen (secondary N) is 1. The summed E-state index contributed by atoms with van der Waals surface area (Å²) in [6.45, 7) is 4.66. The third-order valence-electron chi connectivity index (χ3n) is 5.85. The first kappa shape index (κ1) is 14.9. The molecule has 0 aliphatic carbocycles. The lowest BCUT2D eigenvalue weighted by Gasteiger charge is -2.48. The molecule has 6 rings (SSSR count). The summed E-state index contributed by atoms with van der Waals surface area (Å²) in [7, 11) is 0. The summed E-state index contributed by atoms with van der Waals surface area (Å²) < 4.78 is 6.18. The van der Waals surface area contributed by atoms with E-state index in [1.54, 1.807) is 0 Å². The Balaban J connectivity index is 1.36. The van der Waals surface area contributed by atoms with Gasteiger partial charge in [-0.3, -0.25) is 4.90 Å². The lowest BCUT2D eigenvalue weighted by molar-refractivity contribution is -0.0544. The topological polar surface area (TPSA) is 54.0 Å². The molecule has 2 atom stereocenters. The van der Waals surface area contributed by atoms with E-state index in [-0.39, 0.29) is 6.10 Å². The van der Waals surface area contributed by atoms with E-state index in [0.717, 1.165) is 16.6 Å². The van der Waals surface area contributed by atoms with Crippen molar-refractivity contribution in [3.8, 4) is 17.1 Å². The number of ether oxygens (including phenoxy) is 1. The van der Waals surface area contributed by atoms with Gasteiger partial charge >= 0.3 is 6.01 Å². The van der Waals surface area contributed by atoms with E-state index in [1.807, 2.05) is 18.6 Å². The summed E-state index contributed by atoms with van der Waals surface area (Å²) in [5.41, 5.74) is 3.27. The van der Waals surface area contributed by atoms with Gasteiger partial charge in [0.05, 0.1) is 0 Å². The Morgan fingerprint density at radius 3 is 2.64 bits per heavy atom. The van der Waals surface area contributed by atoms with Gasteiger partial charge in [-0.1, -0.05) is 6.07 Å². The number of hydrogen-bond donors (Lipinski definition) is 1. The fourth-order valence-electron chi connectivity index (χ4n) is 4.33. The minimum atomic E-state index is 0.213. The summed E-state index contributed by atoms with van der Waals surface area (Å²) in [5, 5.41) is 1.19. The standard InChI is InChI=1S/C20H22N4O/c1-13-19(14-5-8-24(13)9-6-14)25-20-22-11-17(12-23-20)15-2-3-18-16(10-15)4-7-21-18/h2-4,7,10-14,19,21H,5-6,8-9H2,1H3/t13-,19+/m1/s1. The molecule has 5 heteroatoms. The van der Waals surface area contributed by atoms with Crippen molar-refractivity contribution in [3.05, 3.63) is 42.9 Å². The Bertz CT molecular complexity index is 878. The van der Waals surface area contributed by atoms with Crippen molar-refractivity contribution in [2.45, 2.75) is 31.9 Å². The Hall–Kier alpha value is -2.40. The monoisotopic (exact) mass is 334 g/mol. The minimum absolute atomic E-state index is 0.213. The zero-order chi connectivity index (χ0) is 16.8. The van der Waals surface area contributed by atoms with Crippen molar-refractivity contribution >= 4 is 10.9 Å². The van der Waals surface area contributed by atoms with Gasteiger partial charge < -0.3 is 9.72 Å². The molecule has 3 aliphatic heterocycles. The van der Waals surface area contributed by atoms with E-state index in [9.17, 15) is 0 Å². The predicted molar refractivity (Wildman–Crippen MR) is 97.5 cm³/mol. The molecular weight excluding hydrogens is 312 g/mol. The molecule has 3 saturated heterocycles. The number of aromatic amines is 1. The number of hydrogen-bond acceptors (Lipinski definition) is 4. The summed E-state index contributed by atoms with van der Waals surface area (Å²) in [4.78, 5) is 14.7. The van der Waals surface area contributed by atoms with Crippen molar-refractivity contribution in [2.24, 2.45) is 5.92 Å². The molecule has 2 bridgehead atoms. The molecule has 5 nitrogen and oxygen atoms in total. The molecular formula is C20H22N4O. The van der Waals surface area contributed by atoms with E-state index in [4.69, 9.17) is 4.74 Å². The van der Waals surface area contributed by atoms with Crippen LogP contribution >= 0.6 is 0 Å². The van der Waals surface area contributed by atoms with Crippen molar-refractivity contribution in [3.63, 3.8) is 0 Å². The van der Waals surface area contributed by atoms with Crippen LogP contribution in [0.5, 0.6) is 6.01 Å². The van der Waals surface area contributed by atoms with Gasteiger partial charge in [-0.05, 0) is 67.9 Å². The van der Waals surface area contributed by atoms with E-state index < -0.39 is 0 Å². The van der Waals surface area contributed by atoms with Gasteiger partial charge in [0, 0.05) is 35.7 Å². The molecule has 5 heterocycles. The third kappa shape index (κ3) is 2.59. The smallest absolute Gasteiger partial charge is 0.316 e. The van der Waals surface area contributed by atoms with Crippen LogP contribution in [0.4, 0.5) is 0 Å². The van der Waals surface area contributed by atoms with Crippen LogP contribution in [0.1, 0.15) is 19.8 Å². The molecule has 3 aromatic rings. The first-order chi connectivity index (χ1) is 12.3. The average Bonchev–Trinajstić information content (AvgIpc) is 3.13. The molecule has 2 aromatic heterocycles. The van der Waals surface area contributed by atoms with Gasteiger partial charge in [0.25, 0.3) is 0 Å². The zero-order valence-corrected chi connectivity index (χ0v) is 14.4. The molecule has 0 spiro atoms. The van der Waals surface area contributed by atoms with Crippen LogP contribution in [0, 0.1) is 5.92 Å². The molecule has 0 unspecified atom stereocenters. The number of piperidine rings is 3. The lowest BCUT2D eigenvalue weighted by Crippen LogP contribution is -2.58. The van der Waals surface area contributed by atoms with E-state index >= 15 is 0 Å². The van der Waals surface area contributed by atoms with Gasteiger partial charge in [0.1, 0.15) is 6.10 Å². The van der Waals surface area contributed by atoms with Gasteiger partial charge in [0.15, 0.2) is 0 Å². The summed E-state index contributed by atoms with van der Waals surface area (Å²) in [6.07, 6.45) is 8.35. The first-order valence-corrected chi connectivity index (χ1v) is 9.08. The van der Waals surface area contributed by atoms with Crippen molar-refractivity contribution in [1.82, 2.24) is 19.9 Å². The molecule has 0 saturated carbocycles. The molecule has 3 aliphatic rings. The van der Waals surface area contributed by atoms with Gasteiger partial charge in [-0.25, -0.2) is 9.97 Å².